The van der Waals surface area contributed by atoms with Gasteiger partial charge in [-0.15, -0.1) is 0 Å². The molecule has 1 aliphatic rings. The average Bonchev–Trinajstić information content (AvgIpc) is 2.67. The van der Waals surface area contributed by atoms with Crippen LogP contribution in [0, 0.1) is 17.6 Å². The molecule has 2 amide bonds. The zero-order valence-corrected chi connectivity index (χ0v) is 15.5. The Morgan fingerprint density at radius 2 is 2.19 bits per heavy atom. The van der Waals surface area contributed by atoms with Crippen molar-refractivity contribution in [2.45, 2.75) is 18.9 Å². The van der Waals surface area contributed by atoms with Crippen molar-refractivity contribution in [2.75, 3.05) is 33.4 Å². The van der Waals surface area contributed by atoms with E-state index >= 15 is 0 Å². The van der Waals surface area contributed by atoms with Gasteiger partial charge in [-0.25, -0.2) is 18.4 Å². The van der Waals surface area contributed by atoms with Gasteiger partial charge >= 0.3 is 12.2 Å². The first kappa shape index (κ1) is 21.2. The van der Waals surface area contributed by atoms with Crippen molar-refractivity contribution in [3.8, 4) is 0 Å². The van der Waals surface area contributed by atoms with Crippen molar-refractivity contribution >= 4 is 23.8 Å². The van der Waals surface area contributed by atoms with E-state index in [1.165, 1.54) is 18.1 Å². The van der Waals surface area contributed by atoms with E-state index in [1.807, 2.05) is 0 Å². The highest BCUT2D eigenvalue weighted by molar-refractivity contribution is 6.30. The van der Waals surface area contributed by atoms with Crippen molar-refractivity contribution < 1.29 is 33.0 Å². The molecule has 1 heterocycles. The SMILES string of the molecule is COC(=O)NCCO[C@@H](c1ccc(F)c(Cl)c1F)C1CCCN(C(=O)O)C1. The van der Waals surface area contributed by atoms with E-state index in [9.17, 15) is 23.5 Å². The quantitative estimate of drug-likeness (QED) is 0.558. The number of hydrogen-bond acceptors (Lipinski definition) is 4. The number of ether oxygens (including phenoxy) is 2. The Kier molecular flexibility index (Phi) is 7.61. The van der Waals surface area contributed by atoms with Gasteiger partial charge in [-0.3, -0.25) is 0 Å². The Labute approximate surface area is 160 Å². The molecule has 1 aliphatic heterocycles. The normalized spacial score (nSPS) is 18.1. The number of rotatable bonds is 6. The number of alkyl carbamates (subject to hydrolysis) is 1. The van der Waals surface area contributed by atoms with Crippen LogP contribution in [0.3, 0.4) is 0 Å². The third-order valence-electron chi connectivity index (χ3n) is 4.38. The molecule has 2 rings (SSSR count). The Morgan fingerprint density at radius 3 is 2.85 bits per heavy atom. The molecule has 1 saturated heterocycles. The van der Waals surface area contributed by atoms with E-state index < -0.39 is 34.9 Å². The minimum absolute atomic E-state index is 0.0256. The van der Waals surface area contributed by atoms with E-state index in [0.29, 0.717) is 19.4 Å². The number of piperidine rings is 1. The second kappa shape index (κ2) is 9.70. The van der Waals surface area contributed by atoms with Gasteiger partial charge < -0.3 is 24.8 Å². The average molecular weight is 407 g/mol. The van der Waals surface area contributed by atoms with Gasteiger partial charge in [0.05, 0.1) is 19.8 Å². The zero-order valence-electron chi connectivity index (χ0n) is 14.7. The maximum Gasteiger partial charge on any atom is 0.407 e. The second-order valence-corrected chi connectivity index (χ2v) is 6.48. The molecule has 1 aromatic carbocycles. The summed E-state index contributed by atoms with van der Waals surface area (Å²) in [4.78, 5) is 23.6. The molecular weight excluding hydrogens is 386 g/mol. The fourth-order valence-corrected chi connectivity index (χ4v) is 3.25. The predicted octanol–water partition coefficient (Wildman–Crippen LogP) is 3.42. The number of carbonyl (C=O) groups is 2. The molecule has 0 aliphatic carbocycles. The molecule has 1 aromatic rings. The number of carbonyl (C=O) groups excluding carboxylic acids is 1. The summed E-state index contributed by atoms with van der Waals surface area (Å²) in [5.41, 5.74) is 0.0525. The van der Waals surface area contributed by atoms with Crippen LogP contribution < -0.4 is 5.32 Å². The number of amides is 2. The van der Waals surface area contributed by atoms with E-state index in [0.717, 1.165) is 6.07 Å². The third kappa shape index (κ3) is 5.43. The Hall–Kier alpha value is -2.13. The van der Waals surface area contributed by atoms with Crippen LogP contribution in [-0.4, -0.2) is 55.5 Å². The monoisotopic (exact) mass is 406 g/mol. The number of nitrogens with zero attached hydrogens (tertiary/aromatic N) is 1. The molecule has 0 spiro atoms. The summed E-state index contributed by atoms with van der Waals surface area (Å²) in [6, 6.07) is 2.29. The lowest BCUT2D eigenvalue weighted by Crippen LogP contribution is -2.41. The van der Waals surface area contributed by atoms with Gasteiger partial charge in [-0.1, -0.05) is 17.7 Å². The van der Waals surface area contributed by atoms with Gasteiger partial charge in [-0.2, -0.15) is 0 Å². The topological polar surface area (TPSA) is 88.1 Å². The molecule has 0 bridgehead atoms. The van der Waals surface area contributed by atoms with E-state index in [2.05, 4.69) is 10.1 Å². The number of carboxylic acid groups (broad SMARTS) is 1. The van der Waals surface area contributed by atoms with Crippen LogP contribution in [0.15, 0.2) is 12.1 Å². The Bertz CT molecular complexity index is 692. The molecule has 0 aromatic heterocycles. The Morgan fingerprint density at radius 1 is 1.44 bits per heavy atom. The number of nitrogens with one attached hydrogen (secondary N) is 1. The lowest BCUT2D eigenvalue weighted by molar-refractivity contribution is -0.0135. The molecule has 7 nitrogen and oxygen atoms in total. The number of benzene rings is 1. The molecule has 150 valence electrons. The standard InChI is InChI=1S/C17H21ClF2N2O5/c1-26-16(23)21-6-8-27-15(10-3-2-7-22(9-10)17(24)25)11-4-5-12(19)13(18)14(11)20/h4-5,10,15H,2-3,6-9H2,1H3,(H,21,23)(H,24,25)/t10?,15-/m1/s1. The second-order valence-electron chi connectivity index (χ2n) is 6.11. The van der Waals surface area contributed by atoms with Crippen molar-refractivity contribution in [2.24, 2.45) is 5.92 Å². The summed E-state index contributed by atoms with van der Waals surface area (Å²) in [7, 11) is 1.22. The molecule has 0 radical (unpaired) electrons. The van der Waals surface area contributed by atoms with Gasteiger partial charge in [0.1, 0.15) is 10.8 Å². The Balaban J connectivity index is 2.19. The van der Waals surface area contributed by atoms with Crippen LogP contribution in [0.4, 0.5) is 18.4 Å². The lowest BCUT2D eigenvalue weighted by atomic mass is 9.88. The van der Waals surface area contributed by atoms with Crippen LogP contribution in [-0.2, 0) is 9.47 Å². The number of halogens is 3. The molecule has 1 fully saturated rings. The van der Waals surface area contributed by atoms with Gasteiger partial charge in [0.2, 0.25) is 0 Å². The minimum atomic E-state index is -1.07. The summed E-state index contributed by atoms with van der Waals surface area (Å²) >= 11 is 5.68. The first-order chi connectivity index (χ1) is 12.8. The zero-order chi connectivity index (χ0) is 20.0. The summed E-state index contributed by atoms with van der Waals surface area (Å²) in [5.74, 6) is -2.17. The predicted molar refractivity (Wildman–Crippen MR) is 92.8 cm³/mol. The highest BCUT2D eigenvalue weighted by Crippen LogP contribution is 2.36. The maximum atomic E-state index is 14.5. The summed E-state index contributed by atoms with van der Waals surface area (Å²) < 4.78 is 38.3. The first-order valence-corrected chi connectivity index (χ1v) is 8.77. The van der Waals surface area contributed by atoms with E-state index in [4.69, 9.17) is 16.3 Å². The van der Waals surface area contributed by atoms with Gasteiger partial charge in [0.25, 0.3) is 0 Å². The summed E-state index contributed by atoms with van der Waals surface area (Å²) in [6.45, 7) is 0.667. The van der Waals surface area contributed by atoms with Crippen molar-refractivity contribution in [1.29, 1.82) is 0 Å². The van der Waals surface area contributed by atoms with Crippen LogP contribution in [0.1, 0.15) is 24.5 Å². The van der Waals surface area contributed by atoms with Crippen LogP contribution >= 0.6 is 11.6 Å². The van der Waals surface area contributed by atoms with Gasteiger partial charge in [0.15, 0.2) is 5.82 Å². The molecule has 2 N–H and O–H groups in total. The van der Waals surface area contributed by atoms with Crippen molar-refractivity contribution in [1.82, 2.24) is 10.2 Å². The van der Waals surface area contributed by atoms with Gasteiger partial charge in [0, 0.05) is 31.1 Å². The number of hydrogen-bond donors (Lipinski definition) is 2. The first-order valence-electron chi connectivity index (χ1n) is 8.39. The molecular formula is C17H21ClF2N2O5. The van der Waals surface area contributed by atoms with Crippen molar-refractivity contribution in [3.63, 3.8) is 0 Å². The highest BCUT2D eigenvalue weighted by atomic mass is 35.5. The number of likely N-dealkylation sites (tertiary alicyclic amines) is 1. The van der Waals surface area contributed by atoms with Crippen LogP contribution in [0.25, 0.3) is 0 Å². The molecule has 2 atom stereocenters. The summed E-state index contributed by atoms with van der Waals surface area (Å²) in [5, 5.41) is 11.0. The number of methoxy groups -OCH3 is 1. The highest BCUT2D eigenvalue weighted by Gasteiger charge is 2.33. The fourth-order valence-electron chi connectivity index (χ4n) is 3.08. The minimum Gasteiger partial charge on any atom is -0.465 e. The molecule has 10 heteroatoms. The molecule has 1 unspecified atom stereocenters. The van der Waals surface area contributed by atoms with E-state index in [1.54, 1.807) is 0 Å². The van der Waals surface area contributed by atoms with Gasteiger partial charge in [-0.05, 0) is 18.9 Å². The summed E-state index contributed by atoms with van der Waals surface area (Å²) in [6.07, 6.45) is -1.35. The molecule has 0 saturated carbocycles. The fraction of sp³-hybridized carbons (Fsp3) is 0.529. The van der Waals surface area contributed by atoms with Crippen LogP contribution in [0.5, 0.6) is 0 Å². The third-order valence-corrected chi connectivity index (χ3v) is 4.73. The molecule has 27 heavy (non-hydrogen) atoms. The largest absolute Gasteiger partial charge is 0.465 e. The lowest BCUT2D eigenvalue weighted by Gasteiger charge is -2.36. The maximum absolute atomic E-state index is 14.5. The van der Waals surface area contributed by atoms with Crippen LogP contribution in [0.2, 0.25) is 5.02 Å². The van der Waals surface area contributed by atoms with Crippen molar-refractivity contribution in [3.05, 3.63) is 34.4 Å². The smallest absolute Gasteiger partial charge is 0.407 e. The van der Waals surface area contributed by atoms with E-state index in [-0.39, 0.29) is 31.2 Å².